The average molecular weight is 389 g/mol. The van der Waals surface area contributed by atoms with Gasteiger partial charge in [0.15, 0.2) is 0 Å². The Bertz CT molecular complexity index is 714. The Morgan fingerprint density at radius 3 is 2.64 bits per heavy atom. The number of hydrogen-bond donors (Lipinski definition) is 2. The van der Waals surface area contributed by atoms with E-state index in [1.807, 2.05) is 31.2 Å². The Morgan fingerprint density at radius 1 is 1.36 bits per heavy atom. The molecule has 0 saturated carbocycles. The molecular formula is C17H26Cl2N4O2. The summed E-state index contributed by atoms with van der Waals surface area (Å²) >= 11 is 0. The van der Waals surface area contributed by atoms with Crippen LogP contribution in [0.25, 0.3) is 11.0 Å². The van der Waals surface area contributed by atoms with Gasteiger partial charge in [-0.1, -0.05) is 12.1 Å². The maximum absolute atomic E-state index is 12.6. The normalized spacial score (nSPS) is 17.2. The maximum atomic E-state index is 12.6. The van der Waals surface area contributed by atoms with Crippen molar-refractivity contribution < 1.29 is 9.53 Å². The van der Waals surface area contributed by atoms with Crippen LogP contribution in [-0.4, -0.2) is 34.2 Å². The molecule has 1 unspecified atom stereocenters. The summed E-state index contributed by atoms with van der Waals surface area (Å²) in [5, 5.41) is 3.04. The molecule has 1 fully saturated rings. The standard InChI is InChI=1S/C17H24N4O2.2ClH/c1-3-21-14-7-5-4-6-13(14)20-15(21)12(2)19-16(22)17(18)8-10-23-11-9-17;;/h4-7,12H,3,8-11,18H2,1-2H3,(H,19,22);2*1H. The van der Waals surface area contributed by atoms with Crippen LogP contribution in [0.2, 0.25) is 0 Å². The van der Waals surface area contributed by atoms with E-state index in [0.29, 0.717) is 26.1 Å². The highest BCUT2D eigenvalue weighted by Gasteiger charge is 2.37. The quantitative estimate of drug-likeness (QED) is 0.842. The Balaban J connectivity index is 0.00000156. The van der Waals surface area contributed by atoms with Crippen molar-refractivity contribution in [3.8, 4) is 0 Å². The Labute approximate surface area is 160 Å². The molecule has 1 aliphatic heterocycles. The van der Waals surface area contributed by atoms with E-state index in [0.717, 1.165) is 23.4 Å². The van der Waals surface area contributed by atoms with Gasteiger partial charge in [0.1, 0.15) is 5.82 Å². The van der Waals surface area contributed by atoms with E-state index in [1.165, 1.54) is 0 Å². The molecule has 6 nitrogen and oxygen atoms in total. The van der Waals surface area contributed by atoms with E-state index in [-0.39, 0.29) is 36.8 Å². The lowest BCUT2D eigenvalue weighted by Crippen LogP contribution is -2.57. The van der Waals surface area contributed by atoms with Crippen molar-refractivity contribution in [2.24, 2.45) is 5.73 Å². The number of benzene rings is 1. The summed E-state index contributed by atoms with van der Waals surface area (Å²) in [5.74, 6) is 0.737. The third kappa shape index (κ3) is 4.26. The van der Waals surface area contributed by atoms with Crippen LogP contribution in [0.3, 0.4) is 0 Å². The number of nitrogens with zero attached hydrogens (tertiary/aromatic N) is 2. The minimum Gasteiger partial charge on any atom is -0.381 e. The van der Waals surface area contributed by atoms with Gasteiger partial charge in [-0.15, -0.1) is 24.8 Å². The van der Waals surface area contributed by atoms with Crippen molar-refractivity contribution in [2.45, 2.75) is 44.8 Å². The van der Waals surface area contributed by atoms with E-state index in [1.54, 1.807) is 0 Å². The average Bonchev–Trinajstić information content (AvgIpc) is 2.94. The van der Waals surface area contributed by atoms with Crippen molar-refractivity contribution in [3.05, 3.63) is 30.1 Å². The number of halogens is 2. The van der Waals surface area contributed by atoms with Crippen LogP contribution in [0.15, 0.2) is 24.3 Å². The minimum atomic E-state index is -0.838. The lowest BCUT2D eigenvalue weighted by molar-refractivity contribution is -0.130. The number of fused-ring (bicyclic) bond motifs is 1. The summed E-state index contributed by atoms with van der Waals surface area (Å²) < 4.78 is 7.44. The molecule has 2 heterocycles. The summed E-state index contributed by atoms with van der Waals surface area (Å²) in [6, 6.07) is 7.81. The number of para-hydroxylation sites is 2. The number of aromatic nitrogens is 2. The number of amides is 1. The van der Waals surface area contributed by atoms with Gasteiger partial charge in [0, 0.05) is 19.8 Å². The molecule has 0 aliphatic carbocycles. The molecule has 1 amide bonds. The predicted octanol–water partition coefficient (Wildman–Crippen LogP) is 2.58. The second-order valence-corrected chi connectivity index (χ2v) is 6.17. The van der Waals surface area contributed by atoms with Gasteiger partial charge in [-0.3, -0.25) is 4.79 Å². The number of carbonyl (C=O) groups is 1. The van der Waals surface area contributed by atoms with Crippen molar-refractivity contribution in [2.75, 3.05) is 13.2 Å². The molecule has 1 aromatic carbocycles. The zero-order valence-corrected chi connectivity index (χ0v) is 16.2. The highest BCUT2D eigenvalue weighted by molar-refractivity contribution is 5.86. The molecule has 0 radical (unpaired) electrons. The maximum Gasteiger partial charge on any atom is 0.240 e. The number of hydrogen-bond acceptors (Lipinski definition) is 4. The van der Waals surface area contributed by atoms with Crippen molar-refractivity contribution >= 4 is 41.8 Å². The number of rotatable bonds is 4. The second kappa shape index (κ2) is 8.85. The van der Waals surface area contributed by atoms with Gasteiger partial charge < -0.3 is 20.4 Å². The number of nitrogens with one attached hydrogen (secondary N) is 1. The molecule has 2 aromatic rings. The fraction of sp³-hybridized carbons (Fsp3) is 0.529. The number of imidazole rings is 1. The molecule has 1 atom stereocenters. The van der Waals surface area contributed by atoms with Crippen LogP contribution < -0.4 is 11.1 Å². The smallest absolute Gasteiger partial charge is 0.240 e. The molecule has 25 heavy (non-hydrogen) atoms. The van der Waals surface area contributed by atoms with Crippen LogP contribution in [-0.2, 0) is 16.1 Å². The third-order valence-electron chi connectivity index (χ3n) is 4.57. The first-order valence-electron chi connectivity index (χ1n) is 8.18. The first kappa shape index (κ1) is 21.7. The van der Waals surface area contributed by atoms with Crippen molar-refractivity contribution in [3.63, 3.8) is 0 Å². The monoisotopic (exact) mass is 388 g/mol. The topological polar surface area (TPSA) is 82.2 Å². The highest BCUT2D eigenvalue weighted by Crippen LogP contribution is 2.23. The molecule has 0 spiro atoms. The number of aryl methyl sites for hydroxylation is 1. The fourth-order valence-electron chi connectivity index (χ4n) is 3.12. The zero-order chi connectivity index (χ0) is 16.4. The first-order chi connectivity index (χ1) is 11.0. The number of nitrogens with two attached hydrogens (primary N) is 1. The van der Waals surface area contributed by atoms with E-state index in [9.17, 15) is 4.79 Å². The van der Waals surface area contributed by atoms with Gasteiger partial charge in [-0.25, -0.2) is 4.98 Å². The van der Waals surface area contributed by atoms with E-state index in [2.05, 4.69) is 21.8 Å². The Hall–Kier alpha value is -1.34. The van der Waals surface area contributed by atoms with Crippen molar-refractivity contribution in [1.29, 1.82) is 0 Å². The predicted molar refractivity (Wildman–Crippen MR) is 103 cm³/mol. The van der Waals surface area contributed by atoms with Gasteiger partial charge in [0.05, 0.1) is 22.6 Å². The van der Waals surface area contributed by atoms with Crippen molar-refractivity contribution in [1.82, 2.24) is 14.9 Å². The molecule has 1 aliphatic rings. The Kier molecular flexibility index (Phi) is 7.68. The summed E-state index contributed by atoms with van der Waals surface area (Å²) in [6.07, 6.45) is 1.10. The van der Waals surface area contributed by atoms with E-state index >= 15 is 0 Å². The molecule has 0 bridgehead atoms. The number of carbonyl (C=O) groups excluding carboxylic acids is 1. The van der Waals surface area contributed by atoms with Crippen LogP contribution in [0.1, 0.15) is 38.6 Å². The number of ether oxygens (including phenoxy) is 1. The molecule has 1 aromatic heterocycles. The van der Waals surface area contributed by atoms with E-state index < -0.39 is 5.54 Å². The first-order valence-corrected chi connectivity index (χ1v) is 8.18. The molecule has 1 saturated heterocycles. The fourth-order valence-corrected chi connectivity index (χ4v) is 3.12. The molecule has 140 valence electrons. The molecule has 3 N–H and O–H groups in total. The van der Waals surface area contributed by atoms with Gasteiger partial charge in [0.2, 0.25) is 5.91 Å². The zero-order valence-electron chi connectivity index (χ0n) is 14.5. The van der Waals surface area contributed by atoms with Crippen LogP contribution in [0.5, 0.6) is 0 Å². The minimum absolute atomic E-state index is 0. The lowest BCUT2D eigenvalue weighted by Gasteiger charge is -2.32. The second-order valence-electron chi connectivity index (χ2n) is 6.17. The summed E-state index contributed by atoms with van der Waals surface area (Å²) in [7, 11) is 0. The molecule has 3 rings (SSSR count). The van der Waals surface area contributed by atoms with Crippen LogP contribution >= 0.6 is 24.8 Å². The lowest BCUT2D eigenvalue weighted by atomic mass is 9.90. The summed E-state index contributed by atoms with van der Waals surface area (Å²) in [4.78, 5) is 17.3. The molecular weight excluding hydrogens is 363 g/mol. The van der Waals surface area contributed by atoms with E-state index in [4.69, 9.17) is 10.5 Å². The summed E-state index contributed by atoms with van der Waals surface area (Å²) in [5.41, 5.74) is 7.44. The van der Waals surface area contributed by atoms with Gasteiger partial charge in [-0.2, -0.15) is 0 Å². The Morgan fingerprint density at radius 2 is 2.00 bits per heavy atom. The molecule has 8 heteroatoms. The van der Waals surface area contributed by atoms with Gasteiger partial charge in [-0.05, 0) is 38.8 Å². The third-order valence-corrected chi connectivity index (χ3v) is 4.57. The largest absolute Gasteiger partial charge is 0.381 e. The van der Waals surface area contributed by atoms with Gasteiger partial charge in [0.25, 0.3) is 0 Å². The summed E-state index contributed by atoms with van der Waals surface area (Å²) in [6.45, 7) is 5.90. The van der Waals surface area contributed by atoms with Crippen LogP contribution in [0, 0.1) is 0 Å². The SMILES string of the molecule is CCn1c(C(C)NC(=O)C2(N)CCOCC2)nc2ccccc21.Cl.Cl. The van der Waals surface area contributed by atoms with Gasteiger partial charge >= 0.3 is 0 Å². The highest BCUT2D eigenvalue weighted by atomic mass is 35.5. The van der Waals surface area contributed by atoms with Crippen LogP contribution in [0.4, 0.5) is 0 Å².